The van der Waals surface area contributed by atoms with E-state index in [1.54, 1.807) is 0 Å². The van der Waals surface area contributed by atoms with E-state index >= 15 is 0 Å². The summed E-state index contributed by atoms with van der Waals surface area (Å²) in [6, 6.07) is 7.60. The second kappa shape index (κ2) is 5.95. The van der Waals surface area contributed by atoms with Crippen LogP contribution >= 0.6 is 15.9 Å². The van der Waals surface area contributed by atoms with Crippen molar-refractivity contribution in [2.45, 2.75) is 19.4 Å². The van der Waals surface area contributed by atoms with Gasteiger partial charge in [-0.1, -0.05) is 41.1 Å². The molecule has 2 rings (SSSR count). The Balaban J connectivity index is 2.06. The highest BCUT2D eigenvalue weighted by molar-refractivity contribution is 9.10. The van der Waals surface area contributed by atoms with Gasteiger partial charge in [0, 0.05) is 16.1 Å². The lowest BCUT2D eigenvalue weighted by Gasteiger charge is -2.24. The van der Waals surface area contributed by atoms with Gasteiger partial charge in [-0.05, 0) is 24.9 Å². The molecule has 3 nitrogen and oxygen atoms in total. The normalized spacial score (nSPS) is 24.4. The van der Waals surface area contributed by atoms with Crippen molar-refractivity contribution in [1.82, 2.24) is 4.90 Å². The number of carbonyl (C=O) groups is 1. The summed E-state index contributed by atoms with van der Waals surface area (Å²) in [5, 5.41) is 9.38. The molecule has 1 fully saturated rings. The topological polar surface area (TPSA) is 40.5 Å². The smallest absolute Gasteiger partial charge is 0.177 e. The molecule has 4 heteroatoms. The second-order valence-corrected chi connectivity index (χ2v) is 5.74. The average Bonchev–Trinajstić information content (AvgIpc) is 2.70. The van der Waals surface area contributed by atoms with Gasteiger partial charge in [0.2, 0.25) is 0 Å². The number of likely N-dealkylation sites (tertiary alicyclic amines) is 1. The number of hydrogen-bond acceptors (Lipinski definition) is 3. The lowest BCUT2D eigenvalue weighted by molar-refractivity contribution is 0.0865. The minimum Gasteiger partial charge on any atom is -0.395 e. The van der Waals surface area contributed by atoms with Gasteiger partial charge in [-0.25, -0.2) is 0 Å². The predicted molar refractivity (Wildman–Crippen MR) is 74.7 cm³/mol. The van der Waals surface area contributed by atoms with Crippen LogP contribution in [0.5, 0.6) is 0 Å². The number of rotatable bonds is 4. The van der Waals surface area contributed by atoms with Crippen LogP contribution in [0, 0.1) is 5.92 Å². The number of nitrogens with zero attached hydrogens (tertiary/aromatic N) is 1. The summed E-state index contributed by atoms with van der Waals surface area (Å²) in [5.74, 6) is 0.567. The molecule has 0 spiro atoms. The average molecular weight is 312 g/mol. The molecule has 0 aliphatic carbocycles. The number of aliphatic hydroxyl groups is 1. The summed E-state index contributed by atoms with van der Waals surface area (Å²) in [6.45, 7) is 3.54. The lowest BCUT2D eigenvalue weighted by Crippen LogP contribution is -2.38. The molecule has 1 N–H and O–H groups in total. The fourth-order valence-corrected chi connectivity index (χ4v) is 3.04. The minimum atomic E-state index is 0.107. The highest BCUT2D eigenvalue weighted by atomic mass is 79.9. The maximum absolute atomic E-state index is 12.2. The van der Waals surface area contributed by atoms with Gasteiger partial charge in [-0.2, -0.15) is 0 Å². The largest absolute Gasteiger partial charge is 0.395 e. The maximum atomic E-state index is 12.2. The molecule has 0 aromatic heterocycles. The van der Waals surface area contributed by atoms with Crippen LogP contribution in [0.15, 0.2) is 28.7 Å². The zero-order chi connectivity index (χ0) is 13.1. The van der Waals surface area contributed by atoms with Gasteiger partial charge in [0.15, 0.2) is 5.78 Å². The zero-order valence-corrected chi connectivity index (χ0v) is 12.1. The predicted octanol–water partition coefficient (Wildman–Crippen LogP) is 2.33. The van der Waals surface area contributed by atoms with Gasteiger partial charge in [0.05, 0.1) is 13.2 Å². The van der Waals surface area contributed by atoms with E-state index in [0.29, 0.717) is 18.0 Å². The van der Waals surface area contributed by atoms with E-state index in [2.05, 4.69) is 27.8 Å². The number of carbonyl (C=O) groups excluding carboxylic acids is 1. The van der Waals surface area contributed by atoms with Crippen LogP contribution in [-0.2, 0) is 0 Å². The van der Waals surface area contributed by atoms with E-state index in [-0.39, 0.29) is 18.4 Å². The molecule has 18 heavy (non-hydrogen) atoms. The van der Waals surface area contributed by atoms with Crippen LogP contribution in [0.4, 0.5) is 0 Å². The SMILES string of the molecule is CC1CCN(CC(=O)c2ccccc2Br)C1CO. The van der Waals surface area contributed by atoms with E-state index < -0.39 is 0 Å². The Bertz CT molecular complexity index is 436. The monoisotopic (exact) mass is 311 g/mol. The Kier molecular flexibility index (Phi) is 4.54. The van der Waals surface area contributed by atoms with E-state index in [4.69, 9.17) is 0 Å². The Hall–Kier alpha value is -0.710. The Labute approximate surface area is 116 Å². The van der Waals surface area contributed by atoms with E-state index in [1.807, 2.05) is 24.3 Å². The first-order valence-corrected chi connectivity index (χ1v) is 7.05. The highest BCUT2D eigenvalue weighted by Gasteiger charge is 2.31. The number of ketones is 1. The first-order chi connectivity index (χ1) is 8.63. The molecule has 98 valence electrons. The van der Waals surface area contributed by atoms with Gasteiger partial charge in [0.1, 0.15) is 0 Å². The molecule has 1 saturated heterocycles. The Morgan fingerprint density at radius 2 is 2.22 bits per heavy atom. The number of Topliss-reactive ketones (excluding diaryl/α,β-unsaturated/α-hetero) is 1. The maximum Gasteiger partial charge on any atom is 0.177 e. The first-order valence-electron chi connectivity index (χ1n) is 6.26. The molecule has 1 aliphatic heterocycles. The van der Waals surface area contributed by atoms with Crippen molar-refractivity contribution >= 4 is 21.7 Å². The third kappa shape index (κ3) is 2.82. The number of halogens is 1. The Morgan fingerprint density at radius 1 is 1.50 bits per heavy atom. The molecule has 1 aliphatic rings. The van der Waals surface area contributed by atoms with Crippen molar-refractivity contribution in [2.24, 2.45) is 5.92 Å². The quantitative estimate of drug-likeness (QED) is 0.868. The van der Waals surface area contributed by atoms with Gasteiger partial charge in [-0.15, -0.1) is 0 Å². The van der Waals surface area contributed by atoms with Crippen LogP contribution in [-0.4, -0.2) is 41.5 Å². The van der Waals surface area contributed by atoms with Crippen LogP contribution in [0.3, 0.4) is 0 Å². The van der Waals surface area contributed by atoms with Gasteiger partial charge in [0.25, 0.3) is 0 Å². The zero-order valence-electron chi connectivity index (χ0n) is 10.5. The minimum absolute atomic E-state index is 0.107. The third-order valence-electron chi connectivity index (χ3n) is 3.71. The molecule has 0 radical (unpaired) electrons. The lowest BCUT2D eigenvalue weighted by atomic mass is 10.0. The van der Waals surface area contributed by atoms with Gasteiger partial charge in [-0.3, -0.25) is 9.69 Å². The van der Waals surface area contributed by atoms with E-state index in [9.17, 15) is 9.90 Å². The second-order valence-electron chi connectivity index (χ2n) is 4.89. The Morgan fingerprint density at radius 3 is 2.89 bits per heavy atom. The summed E-state index contributed by atoms with van der Waals surface area (Å²) in [6.07, 6.45) is 1.05. The molecular formula is C14H18BrNO2. The van der Waals surface area contributed by atoms with Crippen LogP contribution < -0.4 is 0 Å². The van der Waals surface area contributed by atoms with Crippen molar-refractivity contribution in [1.29, 1.82) is 0 Å². The van der Waals surface area contributed by atoms with Crippen LogP contribution in [0.25, 0.3) is 0 Å². The van der Waals surface area contributed by atoms with Crippen molar-refractivity contribution in [2.75, 3.05) is 19.7 Å². The summed E-state index contributed by atoms with van der Waals surface area (Å²) >= 11 is 3.40. The van der Waals surface area contributed by atoms with Crippen molar-refractivity contribution in [3.63, 3.8) is 0 Å². The fourth-order valence-electron chi connectivity index (χ4n) is 2.54. The summed E-state index contributed by atoms with van der Waals surface area (Å²) in [7, 11) is 0. The molecular weight excluding hydrogens is 294 g/mol. The third-order valence-corrected chi connectivity index (χ3v) is 4.40. The molecule has 0 saturated carbocycles. The fraction of sp³-hybridized carbons (Fsp3) is 0.500. The van der Waals surface area contributed by atoms with Gasteiger partial charge < -0.3 is 5.11 Å². The summed E-state index contributed by atoms with van der Waals surface area (Å²) < 4.78 is 0.836. The van der Waals surface area contributed by atoms with E-state index in [0.717, 1.165) is 17.4 Å². The van der Waals surface area contributed by atoms with Gasteiger partial charge >= 0.3 is 0 Å². The number of hydrogen-bond donors (Lipinski definition) is 1. The van der Waals surface area contributed by atoms with Crippen molar-refractivity contribution in [3.8, 4) is 0 Å². The van der Waals surface area contributed by atoms with Crippen LogP contribution in [0.1, 0.15) is 23.7 Å². The molecule has 1 aromatic rings. The first kappa shape index (κ1) is 13.7. The molecule has 1 aromatic carbocycles. The number of aliphatic hydroxyl groups excluding tert-OH is 1. The number of benzene rings is 1. The molecule has 0 bridgehead atoms. The van der Waals surface area contributed by atoms with Crippen molar-refractivity contribution < 1.29 is 9.90 Å². The van der Waals surface area contributed by atoms with Crippen molar-refractivity contribution in [3.05, 3.63) is 34.3 Å². The molecule has 1 heterocycles. The van der Waals surface area contributed by atoms with Crippen LogP contribution in [0.2, 0.25) is 0 Å². The molecule has 0 amide bonds. The molecule has 2 atom stereocenters. The standard InChI is InChI=1S/C14H18BrNO2/c1-10-6-7-16(13(10)9-17)8-14(18)11-4-2-3-5-12(11)15/h2-5,10,13,17H,6-9H2,1H3. The summed E-state index contributed by atoms with van der Waals surface area (Å²) in [5.41, 5.74) is 0.716. The van der Waals surface area contributed by atoms with E-state index in [1.165, 1.54) is 0 Å². The summed E-state index contributed by atoms with van der Waals surface area (Å²) in [4.78, 5) is 14.3. The molecule has 2 unspecified atom stereocenters. The highest BCUT2D eigenvalue weighted by Crippen LogP contribution is 2.24.